The van der Waals surface area contributed by atoms with E-state index < -0.39 is 0 Å². The zero-order valence-corrected chi connectivity index (χ0v) is 15.6. The Labute approximate surface area is 158 Å². The van der Waals surface area contributed by atoms with Crippen LogP contribution in [0.5, 0.6) is 0 Å². The molecule has 5 heteroatoms. The van der Waals surface area contributed by atoms with Crippen molar-refractivity contribution in [2.45, 2.75) is 13.3 Å². The lowest BCUT2D eigenvalue weighted by atomic mass is 10.1. The molecule has 26 heavy (non-hydrogen) atoms. The molecule has 0 radical (unpaired) electrons. The highest BCUT2D eigenvalue weighted by atomic mass is 35.5. The van der Waals surface area contributed by atoms with Gasteiger partial charge in [-0.1, -0.05) is 35.9 Å². The van der Waals surface area contributed by atoms with Crippen LogP contribution in [0.4, 0.5) is 5.69 Å². The lowest BCUT2D eigenvalue weighted by Gasteiger charge is -2.37. The highest BCUT2D eigenvalue weighted by Crippen LogP contribution is 2.25. The number of fused-ring (bicyclic) bond motifs is 1. The molecule has 1 amide bonds. The van der Waals surface area contributed by atoms with E-state index in [0.717, 1.165) is 47.7 Å². The molecule has 1 aliphatic rings. The predicted octanol–water partition coefficient (Wildman–Crippen LogP) is 4.02. The van der Waals surface area contributed by atoms with Crippen LogP contribution >= 0.6 is 11.6 Å². The number of H-pyrrole nitrogens is 1. The van der Waals surface area contributed by atoms with E-state index in [-0.39, 0.29) is 5.91 Å². The monoisotopic (exact) mass is 367 g/mol. The molecular weight excluding hydrogens is 346 g/mol. The van der Waals surface area contributed by atoms with Crippen molar-refractivity contribution in [1.29, 1.82) is 0 Å². The Hall–Kier alpha value is -2.46. The quantitative estimate of drug-likeness (QED) is 0.759. The number of aryl methyl sites for hydroxylation is 1. The lowest BCUT2D eigenvalue weighted by molar-refractivity contribution is -0.130. The number of aromatic nitrogens is 1. The third kappa shape index (κ3) is 3.29. The molecule has 4 nitrogen and oxygen atoms in total. The molecule has 2 heterocycles. The molecule has 0 aliphatic carbocycles. The predicted molar refractivity (Wildman–Crippen MR) is 107 cm³/mol. The second kappa shape index (κ2) is 7.04. The summed E-state index contributed by atoms with van der Waals surface area (Å²) in [6.07, 6.45) is 2.40. The maximum absolute atomic E-state index is 12.7. The van der Waals surface area contributed by atoms with Crippen molar-refractivity contribution in [1.82, 2.24) is 9.88 Å². The van der Waals surface area contributed by atoms with Gasteiger partial charge in [0.25, 0.3) is 0 Å². The van der Waals surface area contributed by atoms with Gasteiger partial charge in [0, 0.05) is 54.0 Å². The van der Waals surface area contributed by atoms with Gasteiger partial charge in [-0.25, -0.2) is 0 Å². The average molecular weight is 368 g/mol. The van der Waals surface area contributed by atoms with Crippen LogP contribution in [0.3, 0.4) is 0 Å². The van der Waals surface area contributed by atoms with E-state index in [0.29, 0.717) is 6.42 Å². The van der Waals surface area contributed by atoms with E-state index in [1.165, 1.54) is 11.3 Å². The fraction of sp³-hybridized carbons (Fsp3) is 0.286. The largest absolute Gasteiger partial charge is 0.368 e. The first-order chi connectivity index (χ1) is 12.6. The molecule has 3 aromatic rings. The van der Waals surface area contributed by atoms with Crippen LogP contribution in [0, 0.1) is 6.92 Å². The van der Waals surface area contributed by atoms with E-state index in [1.54, 1.807) is 0 Å². The zero-order chi connectivity index (χ0) is 18.1. The summed E-state index contributed by atoms with van der Waals surface area (Å²) in [6, 6.07) is 14.1. The van der Waals surface area contributed by atoms with Crippen molar-refractivity contribution < 1.29 is 4.79 Å². The molecule has 1 aromatic heterocycles. The molecule has 1 saturated heterocycles. The third-order valence-electron chi connectivity index (χ3n) is 5.16. The van der Waals surface area contributed by atoms with Gasteiger partial charge in [0.15, 0.2) is 0 Å². The summed E-state index contributed by atoms with van der Waals surface area (Å²) in [5, 5.41) is 1.89. The number of nitrogens with zero attached hydrogens (tertiary/aromatic N) is 2. The minimum atomic E-state index is 0.192. The minimum absolute atomic E-state index is 0.192. The summed E-state index contributed by atoms with van der Waals surface area (Å²) in [5.41, 5.74) is 4.53. The number of para-hydroxylation sites is 1. The van der Waals surface area contributed by atoms with Gasteiger partial charge in [0.1, 0.15) is 0 Å². The third-order valence-corrected chi connectivity index (χ3v) is 5.40. The first-order valence-electron chi connectivity index (χ1n) is 8.96. The van der Waals surface area contributed by atoms with Gasteiger partial charge in [-0.15, -0.1) is 0 Å². The number of anilines is 1. The Morgan fingerprint density at radius 1 is 1.12 bits per heavy atom. The van der Waals surface area contributed by atoms with Crippen molar-refractivity contribution in [2.75, 3.05) is 31.1 Å². The molecule has 1 fully saturated rings. The molecule has 1 N–H and O–H groups in total. The van der Waals surface area contributed by atoms with Crippen LogP contribution in [-0.2, 0) is 11.2 Å². The van der Waals surface area contributed by atoms with Crippen molar-refractivity contribution in [3.8, 4) is 0 Å². The topological polar surface area (TPSA) is 39.3 Å². The number of hydrogen-bond acceptors (Lipinski definition) is 2. The number of halogens is 1. The highest BCUT2D eigenvalue weighted by Gasteiger charge is 2.23. The van der Waals surface area contributed by atoms with Crippen molar-refractivity contribution in [3.05, 3.63) is 64.8 Å². The maximum atomic E-state index is 12.7. The number of amides is 1. The van der Waals surface area contributed by atoms with Crippen LogP contribution in [0.25, 0.3) is 10.9 Å². The van der Waals surface area contributed by atoms with Gasteiger partial charge >= 0.3 is 0 Å². The van der Waals surface area contributed by atoms with Gasteiger partial charge in [0.05, 0.1) is 6.42 Å². The Kier molecular flexibility index (Phi) is 4.60. The SMILES string of the molecule is Cc1ccc(Cl)cc1N1CCN(C(=O)Cc2c[nH]c3ccccc23)CC1. The van der Waals surface area contributed by atoms with E-state index in [2.05, 4.69) is 22.9 Å². The summed E-state index contributed by atoms with van der Waals surface area (Å²) >= 11 is 6.15. The Bertz CT molecular complexity index is 941. The van der Waals surface area contributed by atoms with E-state index in [4.69, 9.17) is 11.6 Å². The summed E-state index contributed by atoms with van der Waals surface area (Å²) in [5.74, 6) is 0.192. The minimum Gasteiger partial charge on any atom is -0.368 e. The molecule has 2 aromatic carbocycles. The lowest BCUT2D eigenvalue weighted by Crippen LogP contribution is -2.49. The van der Waals surface area contributed by atoms with Crippen molar-refractivity contribution >= 4 is 34.1 Å². The number of aromatic amines is 1. The number of benzene rings is 2. The first-order valence-corrected chi connectivity index (χ1v) is 9.33. The molecule has 0 spiro atoms. The Balaban J connectivity index is 1.41. The molecule has 134 valence electrons. The first kappa shape index (κ1) is 17.0. The van der Waals surface area contributed by atoms with Crippen LogP contribution in [0.15, 0.2) is 48.7 Å². The fourth-order valence-corrected chi connectivity index (χ4v) is 3.84. The summed E-state index contributed by atoms with van der Waals surface area (Å²) in [6.45, 7) is 5.25. The molecule has 0 unspecified atom stereocenters. The Morgan fingerprint density at radius 3 is 2.69 bits per heavy atom. The number of rotatable bonds is 3. The van der Waals surface area contributed by atoms with Gasteiger partial charge < -0.3 is 14.8 Å². The fourth-order valence-electron chi connectivity index (χ4n) is 3.67. The maximum Gasteiger partial charge on any atom is 0.227 e. The zero-order valence-electron chi connectivity index (χ0n) is 14.8. The van der Waals surface area contributed by atoms with Gasteiger partial charge in [-0.05, 0) is 36.2 Å². The molecular formula is C21H22ClN3O. The molecule has 0 bridgehead atoms. The second-order valence-corrected chi connectivity index (χ2v) is 7.27. The second-order valence-electron chi connectivity index (χ2n) is 6.83. The average Bonchev–Trinajstić information content (AvgIpc) is 3.07. The summed E-state index contributed by atoms with van der Waals surface area (Å²) < 4.78 is 0. The summed E-state index contributed by atoms with van der Waals surface area (Å²) in [4.78, 5) is 20.3. The van der Waals surface area contributed by atoms with Crippen LogP contribution in [-0.4, -0.2) is 42.0 Å². The van der Waals surface area contributed by atoms with Gasteiger partial charge in [-0.3, -0.25) is 4.79 Å². The smallest absolute Gasteiger partial charge is 0.227 e. The van der Waals surface area contributed by atoms with Gasteiger partial charge in [-0.2, -0.15) is 0 Å². The number of carbonyl (C=O) groups is 1. The van der Waals surface area contributed by atoms with Gasteiger partial charge in [0.2, 0.25) is 5.91 Å². The van der Waals surface area contributed by atoms with Crippen LogP contribution < -0.4 is 4.90 Å². The number of carbonyl (C=O) groups excluding carboxylic acids is 1. The highest BCUT2D eigenvalue weighted by molar-refractivity contribution is 6.30. The molecule has 1 aliphatic heterocycles. The Morgan fingerprint density at radius 2 is 1.88 bits per heavy atom. The number of piperazine rings is 1. The molecule has 0 saturated carbocycles. The van der Waals surface area contributed by atoms with Crippen molar-refractivity contribution in [3.63, 3.8) is 0 Å². The van der Waals surface area contributed by atoms with Crippen molar-refractivity contribution in [2.24, 2.45) is 0 Å². The standard InChI is InChI=1S/C21H22ClN3O/c1-15-6-7-17(22)13-20(15)24-8-10-25(11-9-24)21(26)12-16-14-23-19-5-3-2-4-18(16)19/h2-7,13-14,23H,8-12H2,1H3. The number of hydrogen-bond donors (Lipinski definition) is 1. The molecule has 4 rings (SSSR count). The van der Waals surface area contributed by atoms with Crippen LogP contribution in [0.1, 0.15) is 11.1 Å². The normalized spacial score (nSPS) is 14.8. The number of nitrogens with one attached hydrogen (secondary N) is 1. The van der Waals surface area contributed by atoms with Crippen LogP contribution in [0.2, 0.25) is 5.02 Å². The van der Waals surface area contributed by atoms with E-state index >= 15 is 0 Å². The van der Waals surface area contributed by atoms with E-state index in [1.807, 2.05) is 47.5 Å². The summed E-state index contributed by atoms with van der Waals surface area (Å²) in [7, 11) is 0. The molecule has 0 atom stereocenters. The van der Waals surface area contributed by atoms with E-state index in [9.17, 15) is 4.79 Å².